The zero-order valence-corrected chi connectivity index (χ0v) is 8.14. The first-order valence-electron chi connectivity index (χ1n) is 4.14. The minimum absolute atomic E-state index is 0.545. The van der Waals surface area contributed by atoms with Crippen LogP contribution >= 0.6 is 0 Å². The highest BCUT2D eigenvalue weighted by molar-refractivity contribution is 6.05. The van der Waals surface area contributed by atoms with Crippen molar-refractivity contribution in [3.63, 3.8) is 0 Å². The average molecular weight is 192 g/mol. The van der Waals surface area contributed by atoms with E-state index in [1.165, 1.54) is 7.11 Å². The molecule has 0 heterocycles. The van der Waals surface area contributed by atoms with E-state index in [9.17, 15) is 0 Å². The van der Waals surface area contributed by atoms with Gasteiger partial charge in [-0.1, -0.05) is 34.6 Å². The highest BCUT2D eigenvalue weighted by Crippen LogP contribution is 2.07. The summed E-state index contributed by atoms with van der Waals surface area (Å²) in [4.78, 5) is 4.58. The first-order valence-corrected chi connectivity index (χ1v) is 4.14. The maximum Gasteiger partial charge on any atom is 0.106 e. The molecule has 0 saturated heterocycles. The van der Waals surface area contributed by atoms with Crippen LogP contribution in [-0.4, -0.2) is 24.2 Å². The van der Waals surface area contributed by atoms with Gasteiger partial charge in [-0.05, 0) is 6.92 Å². The molecule has 74 valence electrons. The van der Waals surface area contributed by atoms with Gasteiger partial charge in [0.2, 0.25) is 0 Å². The lowest BCUT2D eigenvalue weighted by molar-refractivity contribution is 0.215. The molecule has 0 unspecified atom stereocenters. The summed E-state index contributed by atoms with van der Waals surface area (Å²) in [5, 5.41) is 15.4. The van der Waals surface area contributed by atoms with E-state index in [0.29, 0.717) is 5.71 Å². The van der Waals surface area contributed by atoms with Crippen LogP contribution in [0, 0.1) is 0 Å². The van der Waals surface area contributed by atoms with Crippen LogP contribution in [0.3, 0.4) is 0 Å². The lowest BCUT2D eigenvalue weighted by Gasteiger charge is -2.02. The van der Waals surface area contributed by atoms with Crippen molar-refractivity contribution in [1.29, 1.82) is 0 Å². The van der Waals surface area contributed by atoms with Crippen molar-refractivity contribution in [2.45, 2.75) is 6.92 Å². The van der Waals surface area contributed by atoms with Gasteiger partial charge >= 0.3 is 0 Å². The summed E-state index contributed by atoms with van der Waals surface area (Å²) in [6, 6.07) is 7.47. The number of hydrogen-bond donors (Lipinski definition) is 1. The molecule has 0 aliphatic heterocycles. The number of nitrogens with zero attached hydrogens (tertiary/aromatic N) is 2. The summed E-state index contributed by atoms with van der Waals surface area (Å²) >= 11 is 0. The second-order valence-corrected chi connectivity index (χ2v) is 2.69. The van der Waals surface area contributed by atoms with E-state index in [1.54, 1.807) is 13.1 Å². The second-order valence-electron chi connectivity index (χ2n) is 2.69. The van der Waals surface area contributed by atoms with E-state index in [0.717, 1.165) is 11.1 Å². The van der Waals surface area contributed by atoms with Gasteiger partial charge in [0.1, 0.15) is 7.11 Å². The standard InChI is InChI=1S/C10H12N2O2/c1-8(12-13)10-6-4-3-5-9(10)7-11-14-2/h3-7,13H,1-2H3/b11-7+,12-8+. The molecule has 0 fully saturated rings. The Labute approximate surface area is 82.5 Å². The van der Waals surface area contributed by atoms with Gasteiger partial charge in [-0.15, -0.1) is 0 Å². The molecule has 4 heteroatoms. The number of benzene rings is 1. The van der Waals surface area contributed by atoms with Crippen molar-refractivity contribution in [1.82, 2.24) is 0 Å². The summed E-state index contributed by atoms with van der Waals surface area (Å²) in [6.45, 7) is 1.72. The number of oxime groups is 2. The van der Waals surface area contributed by atoms with E-state index in [1.807, 2.05) is 24.3 Å². The molecular weight excluding hydrogens is 180 g/mol. The van der Waals surface area contributed by atoms with Crippen molar-refractivity contribution in [2.75, 3.05) is 7.11 Å². The molecule has 0 aromatic heterocycles. The molecule has 0 radical (unpaired) electrons. The Balaban J connectivity index is 3.09. The van der Waals surface area contributed by atoms with E-state index in [2.05, 4.69) is 15.1 Å². The third-order valence-electron chi connectivity index (χ3n) is 1.80. The van der Waals surface area contributed by atoms with Crippen molar-refractivity contribution in [2.24, 2.45) is 10.3 Å². The number of hydrogen-bond acceptors (Lipinski definition) is 4. The maximum absolute atomic E-state index is 8.65. The molecule has 0 bridgehead atoms. The molecule has 1 N–H and O–H groups in total. The van der Waals surface area contributed by atoms with Gasteiger partial charge in [0.25, 0.3) is 0 Å². The molecule has 0 spiro atoms. The molecule has 1 aromatic carbocycles. The van der Waals surface area contributed by atoms with Crippen molar-refractivity contribution >= 4 is 11.9 Å². The Bertz CT molecular complexity index is 359. The first kappa shape index (κ1) is 10.2. The summed E-state index contributed by atoms with van der Waals surface area (Å²) in [5.74, 6) is 0. The fourth-order valence-electron chi connectivity index (χ4n) is 1.10. The van der Waals surface area contributed by atoms with Crippen LogP contribution in [0.25, 0.3) is 0 Å². The maximum atomic E-state index is 8.65. The normalized spacial score (nSPS) is 12.0. The SMILES string of the molecule is CO/N=C/c1ccccc1/C(C)=N/O. The fraction of sp³-hybridized carbons (Fsp3) is 0.200. The molecule has 0 atom stereocenters. The predicted octanol–water partition coefficient (Wildman–Crippen LogP) is 1.87. The Morgan fingerprint density at radius 2 is 2.14 bits per heavy atom. The number of rotatable bonds is 3. The quantitative estimate of drug-likeness (QED) is 0.451. The molecule has 0 aliphatic carbocycles. The lowest BCUT2D eigenvalue weighted by Crippen LogP contribution is -2.00. The Morgan fingerprint density at radius 1 is 1.43 bits per heavy atom. The fourth-order valence-corrected chi connectivity index (χ4v) is 1.10. The van der Waals surface area contributed by atoms with E-state index in [-0.39, 0.29) is 0 Å². The van der Waals surface area contributed by atoms with Crippen LogP contribution < -0.4 is 0 Å². The van der Waals surface area contributed by atoms with Gasteiger partial charge in [-0.2, -0.15) is 0 Å². The third kappa shape index (κ3) is 2.32. The topological polar surface area (TPSA) is 54.2 Å². The molecule has 0 aliphatic rings. The van der Waals surface area contributed by atoms with Crippen molar-refractivity contribution in [3.05, 3.63) is 35.4 Å². The molecular formula is C10H12N2O2. The van der Waals surface area contributed by atoms with E-state index < -0.39 is 0 Å². The third-order valence-corrected chi connectivity index (χ3v) is 1.80. The molecule has 14 heavy (non-hydrogen) atoms. The zero-order valence-electron chi connectivity index (χ0n) is 8.14. The van der Waals surface area contributed by atoms with Crippen LogP contribution in [0.2, 0.25) is 0 Å². The second kappa shape index (κ2) is 5.01. The minimum atomic E-state index is 0.545. The molecule has 4 nitrogen and oxygen atoms in total. The van der Waals surface area contributed by atoms with E-state index in [4.69, 9.17) is 5.21 Å². The van der Waals surface area contributed by atoms with Crippen molar-refractivity contribution in [3.8, 4) is 0 Å². The summed E-state index contributed by atoms with van der Waals surface area (Å²) in [5.41, 5.74) is 2.23. The summed E-state index contributed by atoms with van der Waals surface area (Å²) < 4.78 is 0. The zero-order chi connectivity index (χ0) is 10.4. The van der Waals surface area contributed by atoms with Crippen LogP contribution in [-0.2, 0) is 4.84 Å². The van der Waals surface area contributed by atoms with E-state index >= 15 is 0 Å². The first-order chi connectivity index (χ1) is 6.79. The van der Waals surface area contributed by atoms with Gasteiger partial charge in [0.15, 0.2) is 0 Å². The van der Waals surface area contributed by atoms with Gasteiger partial charge in [-0.3, -0.25) is 0 Å². The smallest absolute Gasteiger partial charge is 0.106 e. The Hall–Kier alpha value is -1.84. The highest BCUT2D eigenvalue weighted by Gasteiger charge is 2.02. The van der Waals surface area contributed by atoms with Crippen LogP contribution in [0.4, 0.5) is 0 Å². The Morgan fingerprint density at radius 3 is 2.79 bits per heavy atom. The predicted molar refractivity (Wildman–Crippen MR) is 55.0 cm³/mol. The van der Waals surface area contributed by atoms with Gasteiger partial charge in [0.05, 0.1) is 11.9 Å². The van der Waals surface area contributed by atoms with Gasteiger partial charge < -0.3 is 10.0 Å². The van der Waals surface area contributed by atoms with Crippen molar-refractivity contribution < 1.29 is 10.0 Å². The van der Waals surface area contributed by atoms with Crippen LogP contribution in [0.5, 0.6) is 0 Å². The van der Waals surface area contributed by atoms with Gasteiger partial charge in [-0.25, -0.2) is 0 Å². The monoisotopic (exact) mass is 192 g/mol. The Kier molecular flexibility index (Phi) is 3.67. The molecule has 1 rings (SSSR count). The average Bonchev–Trinajstić information content (AvgIpc) is 2.25. The largest absolute Gasteiger partial charge is 0.411 e. The molecule has 1 aromatic rings. The summed E-state index contributed by atoms with van der Waals surface area (Å²) in [7, 11) is 1.48. The summed E-state index contributed by atoms with van der Waals surface area (Å²) in [6.07, 6.45) is 1.57. The lowest BCUT2D eigenvalue weighted by atomic mass is 10.1. The van der Waals surface area contributed by atoms with Crippen LogP contribution in [0.15, 0.2) is 34.6 Å². The molecule has 0 amide bonds. The minimum Gasteiger partial charge on any atom is -0.411 e. The van der Waals surface area contributed by atoms with Crippen LogP contribution in [0.1, 0.15) is 18.1 Å². The molecule has 0 saturated carbocycles. The van der Waals surface area contributed by atoms with Gasteiger partial charge in [0, 0.05) is 11.1 Å². The highest BCUT2D eigenvalue weighted by atomic mass is 16.6.